The zero-order valence-corrected chi connectivity index (χ0v) is 11.8. The van der Waals surface area contributed by atoms with Crippen LogP contribution in [0.25, 0.3) is 0 Å². The summed E-state index contributed by atoms with van der Waals surface area (Å²) in [5.74, 6) is -0.246. The first-order chi connectivity index (χ1) is 8.67. The Bertz CT molecular complexity index is 490. The maximum absolute atomic E-state index is 11.7. The highest BCUT2D eigenvalue weighted by molar-refractivity contribution is 5.93. The summed E-state index contributed by atoms with van der Waals surface area (Å²) in [5, 5.41) is 5.51. The van der Waals surface area contributed by atoms with Crippen LogP contribution in [0.5, 0.6) is 0 Å². The fourth-order valence-corrected chi connectivity index (χ4v) is 1.69. The Labute approximate surface area is 113 Å². The van der Waals surface area contributed by atoms with Crippen LogP contribution in [0.1, 0.15) is 32.8 Å². The number of carbonyl (C=O) groups excluding carboxylic acids is 2. The van der Waals surface area contributed by atoms with Crippen molar-refractivity contribution in [1.29, 1.82) is 0 Å². The van der Waals surface area contributed by atoms with E-state index in [0.29, 0.717) is 5.69 Å². The number of hydrogen-bond donors (Lipinski definition) is 3. The molecule has 1 rings (SSSR count). The fraction of sp³-hybridized carbons (Fsp3) is 0.429. The van der Waals surface area contributed by atoms with Crippen LogP contribution in [0, 0.1) is 6.92 Å². The molecule has 0 saturated carbocycles. The minimum Gasteiger partial charge on any atom is -0.326 e. The number of nitrogens with two attached hydrogens (primary N) is 1. The van der Waals surface area contributed by atoms with Crippen molar-refractivity contribution < 1.29 is 9.59 Å². The zero-order chi connectivity index (χ0) is 14.6. The molecular formula is C14H21N3O2. The highest BCUT2D eigenvalue weighted by atomic mass is 16.2. The second-order valence-corrected chi connectivity index (χ2v) is 5.42. The van der Waals surface area contributed by atoms with E-state index in [9.17, 15) is 9.59 Å². The molecule has 0 fully saturated rings. The van der Waals surface area contributed by atoms with Gasteiger partial charge in [-0.1, -0.05) is 0 Å². The van der Waals surface area contributed by atoms with Crippen LogP contribution in [-0.2, 0) is 9.59 Å². The largest absolute Gasteiger partial charge is 0.326 e. The van der Waals surface area contributed by atoms with E-state index in [1.165, 1.54) is 6.92 Å². The summed E-state index contributed by atoms with van der Waals surface area (Å²) < 4.78 is 0. The monoisotopic (exact) mass is 263 g/mol. The molecule has 5 nitrogen and oxygen atoms in total. The molecule has 0 aliphatic heterocycles. The molecule has 5 heteroatoms. The summed E-state index contributed by atoms with van der Waals surface area (Å²) in [6, 6.07) is 5.33. The predicted molar refractivity (Wildman–Crippen MR) is 77.0 cm³/mol. The van der Waals surface area contributed by atoms with Gasteiger partial charge in [-0.15, -0.1) is 0 Å². The van der Waals surface area contributed by atoms with Crippen LogP contribution in [-0.4, -0.2) is 17.4 Å². The second kappa shape index (κ2) is 5.84. The topological polar surface area (TPSA) is 84.2 Å². The van der Waals surface area contributed by atoms with E-state index >= 15 is 0 Å². The molecule has 0 radical (unpaired) electrons. The first-order valence-corrected chi connectivity index (χ1v) is 6.14. The van der Waals surface area contributed by atoms with Gasteiger partial charge in [-0.3, -0.25) is 9.59 Å². The van der Waals surface area contributed by atoms with E-state index in [0.717, 1.165) is 11.3 Å². The lowest BCUT2D eigenvalue weighted by Crippen LogP contribution is -2.36. The van der Waals surface area contributed by atoms with E-state index in [1.807, 2.05) is 13.0 Å². The zero-order valence-electron chi connectivity index (χ0n) is 11.8. The van der Waals surface area contributed by atoms with E-state index < -0.39 is 5.54 Å². The molecule has 0 aliphatic rings. The molecule has 0 atom stereocenters. The molecule has 0 aliphatic carbocycles. The van der Waals surface area contributed by atoms with Crippen LogP contribution in [0.2, 0.25) is 0 Å². The molecule has 2 amide bonds. The summed E-state index contributed by atoms with van der Waals surface area (Å²) in [7, 11) is 0. The molecule has 1 aromatic carbocycles. The minimum absolute atomic E-state index is 0.121. The van der Waals surface area contributed by atoms with Gasteiger partial charge in [0.1, 0.15) is 0 Å². The van der Waals surface area contributed by atoms with Gasteiger partial charge in [0, 0.05) is 30.3 Å². The van der Waals surface area contributed by atoms with Crippen LogP contribution >= 0.6 is 0 Å². The molecule has 0 aromatic heterocycles. The van der Waals surface area contributed by atoms with Crippen molar-refractivity contribution in [2.24, 2.45) is 5.73 Å². The lowest BCUT2D eigenvalue weighted by molar-refractivity contribution is -0.117. The van der Waals surface area contributed by atoms with Gasteiger partial charge in [-0.2, -0.15) is 0 Å². The molecule has 19 heavy (non-hydrogen) atoms. The summed E-state index contributed by atoms with van der Waals surface area (Å²) in [4.78, 5) is 22.7. The Balaban J connectivity index is 2.73. The molecule has 0 bridgehead atoms. The second-order valence-electron chi connectivity index (χ2n) is 5.42. The average Bonchev–Trinajstić information content (AvgIpc) is 2.18. The first-order valence-electron chi connectivity index (χ1n) is 6.14. The number of nitrogens with one attached hydrogen (secondary N) is 2. The Kier molecular flexibility index (Phi) is 4.67. The van der Waals surface area contributed by atoms with Crippen LogP contribution in [0.15, 0.2) is 18.2 Å². The fourth-order valence-electron chi connectivity index (χ4n) is 1.69. The van der Waals surface area contributed by atoms with Crippen molar-refractivity contribution >= 4 is 23.2 Å². The third-order valence-corrected chi connectivity index (χ3v) is 2.44. The van der Waals surface area contributed by atoms with Gasteiger partial charge >= 0.3 is 0 Å². The SMILES string of the molecule is CC(=O)Nc1ccc(NC(=O)CC(C)(C)N)cc1C. The molecule has 4 N–H and O–H groups in total. The van der Waals surface area contributed by atoms with Crippen molar-refractivity contribution in [2.75, 3.05) is 10.6 Å². The van der Waals surface area contributed by atoms with E-state index in [2.05, 4.69) is 10.6 Å². The molecule has 0 saturated heterocycles. The average molecular weight is 263 g/mol. The number of hydrogen-bond acceptors (Lipinski definition) is 3. The van der Waals surface area contributed by atoms with Crippen molar-refractivity contribution in [1.82, 2.24) is 0 Å². The standard InChI is InChI=1S/C14H21N3O2/c1-9-7-11(5-6-12(9)16-10(2)18)17-13(19)8-14(3,4)15/h5-7H,8,15H2,1-4H3,(H,16,18)(H,17,19). The Morgan fingerprint density at radius 1 is 1.26 bits per heavy atom. The highest BCUT2D eigenvalue weighted by Crippen LogP contribution is 2.20. The number of rotatable bonds is 4. The van der Waals surface area contributed by atoms with Crippen molar-refractivity contribution in [3.05, 3.63) is 23.8 Å². The van der Waals surface area contributed by atoms with Gasteiger partial charge < -0.3 is 16.4 Å². The normalized spacial score (nSPS) is 11.0. The van der Waals surface area contributed by atoms with Gasteiger partial charge in [0.25, 0.3) is 0 Å². The van der Waals surface area contributed by atoms with Gasteiger partial charge in [0.2, 0.25) is 11.8 Å². The number of carbonyl (C=O) groups is 2. The number of benzene rings is 1. The van der Waals surface area contributed by atoms with Crippen LogP contribution in [0.4, 0.5) is 11.4 Å². The number of aryl methyl sites for hydroxylation is 1. The quantitative estimate of drug-likeness (QED) is 0.777. The predicted octanol–water partition coefficient (Wildman–Crippen LogP) is 2.02. The van der Waals surface area contributed by atoms with Gasteiger partial charge in [-0.25, -0.2) is 0 Å². The van der Waals surface area contributed by atoms with Crippen LogP contribution in [0.3, 0.4) is 0 Å². The summed E-state index contributed by atoms with van der Waals surface area (Å²) >= 11 is 0. The maximum atomic E-state index is 11.7. The van der Waals surface area contributed by atoms with Crippen molar-refractivity contribution in [2.45, 2.75) is 39.7 Å². The molecule has 1 aromatic rings. The smallest absolute Gasteiger partial charge is 0.226 e. The first kappa shape index (κ1) is 15.2. The Hall–Kier alpha value is -1.88. The summed E-state index contributed by atoms with van der Waals surface area (Å²) in [5.41, 5.74) is 7.58. The molecule has 0 spiro atoms. The van der Waals surface area contributed by atoms with Crippen LogP contribution < -0.4 is 16.4 Å². The van der Waals surface area contributed by atoms with Crippen molar-refractivity contribution in [3.63, 3.8) is 0 Å². The highest BCUT2D eigenvalue weighted by Gasteiger charge is 2.16. The molecule has 0 heterocycles. The molecule has 104 valence electrons. The van der Waals surface area contributed by atoms with Gasteiger partial charge in [0.15, 0.2) is 0 Å². The molecular weight excluding hydrogens is 242 g/mol. The molecule has 0 unspecified atom stereocenters. The third kappa shape index (κ3) is 5.52. The third-order valence-electron chi connectivity index (χ3n) is 2.44. The van der Waals surface area contributed by atoms with E-state index in [-0.39, 0.29) is 18.2 Å². The Morgan fingerprint density at radius 2 is 1.89 bits per heavy atom. The van der Waals surface area contributed by atoms with Gasteiger partial charge in [-0.05, 0) is 44.5 Å². The van der Waals surface area contributed by atoms with Gasteiger partial charge in [0.05, 0.1) is 0 Å². The summed E-state index contributed by atoms with van der Waals surface area (Å²) in [6.45, 7) is 6.93. The summed E-state index contributed by atoms with van der Waals surface area (Å²) in [6.07, 6.45) is 0.249. The minimum atomic E-state index is -0.532. The van der Waals surface area contributed by atoms with Crippen molar-refractivity contribution in [3.8, 4) is 0 Å². The van der Waals surface area contributed by atoms with E-state index in [1.54, 1.807) is 26.0 Å². The maximum Gasteiger partial charge on any atom is 0.226 e. The number of amides is 2. The number of anilines is 2. The van der Waals surface area contributed by atoms with E-state index in [4.69, 9.17) is 5.73 Å². The lowest BCUT2D eigenvalue weighted by atomic mass is 10.0. The lowest BCUT2D eigenvalue weighted by Gasteiger charge is -2.18. The Morgan fingerprint density at radius 3 is 2.37 bits per heavy atom.